The number of furan rings is 1. The lowest BCUT2D eigenvalue weighted by molar-refractivity contribution is 0.0939. The molecule has 2 heterocycles. The van der Waals surface area contributed by atoms with Crippen molar-refractivity contribution in [3.8, 4) is 0 Å². The number of nitrogens with one attached hydrogen (secondary N) is 1. The molecular weight excluding hydrogens is 340 g/mol. The third-order valence-electron chi connectivity index (χ3n) is 4.60. The van der Waals surface area contributed by atoms with Gasteiger partial charge in [0.15, 0.2) is 0 Å². The molecule has 0 aliphatic rings. The lowest BCUT2D eigenvalue weighted by Crippen LogP contribution is -2.34. The molecule has 6 nitrogen and oxygen atoms in total. The van der Waals surface area contributed by atoms with Crippen LogP contribution in [0.1, 0.15) is 39.1 Å². The first-order valence-corrected chi connectivity index (χ1v) is 9.02. The van der Waals surface area contributed by atoms with Gasteiger partial charge in [-0.2, -0.15) is 5.10 Å². The quantitative estimate of drug-likeness (QED) is 0.698. The van der Waals surface area contributed by atoms with Crippen molar-refractivity contribution in [1.29, 1.82) is 0 Å². The predicted octanol–water partition coefficient (Wildman–Crippen LogP) is 3.17. The molecule has 1 aromatic carbocycles. The van der Waals surface area contributed by atoms with Crippen molar-refractivity contribution in [1.82, 2.24) is 20.0 Å². The van der Waals surface area contributed by atoms with Crippen LogP contribution in [0.15, 0.2) is 53.1 Å². The minimum atomic E-state index is -0.0916. The Balaban J connectivity index is 1.61. The highest BCUT2D eigenvalue weighted by Crippen LogP contribution is 2.18. The molecule has 0 saturated heterocycles. The molecule has 1 atom stereocenters. The molecule has 0 unspecified atom stereocenters. The summed E-state index contributed by atoms with van der Waals surface area (Å²) in [6.07, 6.45) is 1.65. The van der Waals surface area contributed by atoms with Gasteiger partial charge in [-0.05, 0) is 63.8 Å². The molecule has 6 heteroatoms. The van der Waals surface area contributed by atoms with Gasteiger partial charge in [-0.3, -0.25) is 14.4 Å². The van der Waals surface area contributed by atoms with Crippen LogP contribution in [-0.4, -0.2) is 41.2 Å². The first kappa shape index (κ1) is 18.9. The van der Waals surface area contributed by atoms with Crippen LogP contribution < -0.4 is 5.32 Å². The van der Waals surface area contributed by atoms with Crippen LogP contribution >= 0.6 is 0 Å². The average molecular weight is 366 g/mol. The van der Waals surface area contributed by atoms with Gasteiger partial charge in [0.05, 0.1) is 24.5 Å². The fourth-order valence-electron chi connectivity index (χ4n) is 3.08. The molecule has 0 aliphatic heterocycles. The molecule has 1 amide bonds. The Kier molecular flexibility index (Phi) is 5.76. The van der Waals surface area contributed by atoms with Gasteiger partial charge < -0.3 is 9.73 Å². The minimum Gasteiger partial charge on any atom is -0.468 e. The number of hydrogen-bond acceptors (Lipinski definition) is 4. The van der Waals surface area contributed by atoms with Crippen molar-refractivity contribution in [3.05, 3.63) is 77.0 Å². The summed E-state index contributed by atoms with van der Waals surface area (Å²) in [6, 6.07) is 13.5. The van der Waals surface area contributed by atoms with Crippen molar-refractivity contribution < 1.29 is 9.21 Å². The van der Waals surface area contributed by atoms with Crippen molar-refractivity contribution in [2.45, 2.75) is 26.4 Å². The van der Waals surface area contributed by atoms with Gasteiger partial charge >= 0.3 is 0 Å². The molecule has 0 fully saturated rings. The van der Waals surface area contributed by atoms with Crippen LogP contribution in [0.5, 0.6) is 0 Å². The summed E-state index contributed by atoms with van der Waals surface area (Å²) in [7, 11) is 3.93. The molecule has 0 bridgehead atoms. The number of aryl methyl sites for hydroxylation is 2. The van der Waals surface area contributed by atoms with Gasteiger partial charge in [0, 0.05) is 17.8 Å². The fourth-order valence-corrected chi connectivity index (χ4v) is 3.08. The number of rotatable bonds is 7. The number of hydrogen-bond donors (Lipinski definition) is 1. The van der Waals surface area contributed by atoms with Gasteiger partial charge in [-0.25, -0.2) is 0 Å². The van der Waals surface area contributed by atoms with Gasteiger partial charge in [0.1, 0.15) is 5.76 Å². The summed E-state index contributed by atoms with van der Waals surface area (Å²) in [5.41, 5.74) is 3.89. The lowest BCUT2D eigenvalue weighted by atomic mass is 10.1. The van der Waals surface area contributed by atoms with Gasteiger partial charge in [0.2, 0.25) is 0 Å². The van der Waals surface area contributed by atoms with E-state index in [4.69, 9.17) is 4.42 Å². The summed E-state index contributed by atoms with van der Waals surface area (Å²) in [6.45, 7) is 5.21. The standard InChI is InChI=1S/C21H26N4O2/c1-15-12-16(2)25(23-15)14-17-7-9-18(10-8-17)21(26)22-13-19(24(3)4)20-6-5-11-27-20/h5-12,19H,13-14H2,1-4H3,(H,22,26)/t19-/m1/s1. The van der Waals surface area contributed by atoms with Crippen LogP contribution in [0.25, 0.3) is 0 Å². The second-order valence-electron chi connectivity index (χ2n) is 6.99. The summed E-state index contributed by atoms with van der Waals surface area (Å²) < 4.78 is 7.45. The zero-order valence-electron chi connectivity index (χ0n) is 16.3. The molecule has 0 spiro atoms. The van der Waals surface area contributed by atoms with Crippen molar-refractivity contribution in [2.75, 3.05) is 20.6 Å². The van der Waals surface area contributed by atoms with E-state index < -0.39 is 0 Å². The molecule has 3 rings (SSSR count). The number of amides is 1. The number of benzene rings is 1. The number of nitrogens with zero attached hydrogens (tertiary/aromatic N) is 3. The average Bonchev–Trinajstić information content (AvgIpc) is 3.25. The third-order valence-corrected chi connectivity index (χ3v) is 4.60. The number of likely N-dealkylation sites (N-methyl/N-ethyl adjacent to an activating group) is 1. The second kappa shape index (κ2) is 8.22. The van der Waals surface area contributed by atoms with E-state index in [0.29, 0.717) is 18.7 Å². The van der Waals surface area contributed by atoms with E-state index >= 15 is 0 Å². The fraction of sp³-hybridized carbons (Fsp3) is 0.333. The zero-order valence-corrected chi connectivity index (χ0v) is 16.3. The van der Waals surface area contributed by atoms with E-state index in [1.807, 2.05) is 73.9 Å². The van der Waals surface area contributed by atoms with Crippen LogP contribution in [0, 0.1) is 13.8 Å². The van der Waals surface area contributed by atoms with Crippen LogP contribution in [0.2, 0.25) is 0 Å². The van der Waals surface area contributed by atoms with Crippen LogP contribution in [0.3, 0.4) is 0 Å². The molecule has 0 radical (unpaired) electrons. The number of carbonyl (C=O) groups is 1. The summed E-state index contributed by atoms with van der Waals surface area (Å²) >= 11 is 0. The molecule has 27 heavy (non-hydrogen) atoms. The summed E-state index contributed by atoms with van der Waals surface area (Å²) in [5.74, 6) is 0.742. The highest BCUT2D eigenvalue weighted by molar-refractivity contribution is 5.94. The van der Waals surface area contributed by atoms with Crippen LogP contribution in [0.4, 0.5) is 0 Å². The maximum Gasteiger partial charge on any atom is 0.251 e. The Bertz CT molecular complexity index is 880. The Labute approximate surface area is 159 Å². The predicted molar refractivity (Wildman–Crippen MR) is 105 cm³/mol. The van der Waals surface area contributed by atoms with E-state index in [1.54, 1.807) is 6.26 Å². The maximum atomic E-state index is 12.5. The third kappa shape index (κ3) is 4.65. The largest absolute Gasteiger partial charge is 0.468 e. The Hall–Kier alpha value is -2.86. The van der Waals surface area contributed by atoms with Crippen molar-refractivity contribution in [3.63, 3.8) is 0 Å². The smallest absolute Gasteiger partial charge is 0.251 e. The normalized spacial score (nSPS) is 12.3. The van der Waals surface area contributed by atoms with E-state index in [9.17, 15) is 4.79 Å². The monoisotopic (exact) mass is 366 g/mol. The van der Waals surface area contributed by atoms with E-state index in [1.165, 1.54) is 0 Å². The van der Waals surface area contributed by atoms with E-state index in [0.717, 1.165) is 22.7 Å². The van der Waals surface area contributed by atoms with Crippen LogP contribution in [-0.2, 0) is 6.54 Å². The Morgan fingerprint density at radius 1 is 1.22 bits per heavy atom. The van der Waals surface area contributed by atoms with E-state index in [-0.39, 0.29) is 11.9 Å². The minimum absolute atomic E-state index is 0.00532. The van der Waals surface area contributed by atoms with Gasteiger partial charge in [-0.15, -0.1) is 0 Å². The highest BCUT2D eigenvalue weighted by atomic mass is 16.3. The van der Waals surface area contributed by atoms with Crippen molar-refractivity contribution >= 4 is 5.91 Å². The first-order valence-electron chi connectivity index (χ1n) is 9.02. The summed E-state index contributed by atoms with van der Waals surface area (Å²) in [5, 5.41) is 7.47. The molecule has 0 aliphatic carbocycles. The Morgan fingerprint density at radius 3 is 2.52 bits per heavy atom. The second-order valence-corrected chi connectivity index (χ2v) is 6.99. The number of aromatic nitrogens is 2. The molecule has 142 valence electrons. The van der Waals surface area contributed by atoms with Gasteiger partial charge in [-0.1, -0.05) is 12.1 Å². The van der Waals surface area contributed by atoms with E-state index in [2.05, 4.69) is 16.5 Å². The molecular formula is C21H26N4O2. The molecule has 0 saturated carbocycles. The summed E-state index contributed by atoms with van der Waals surface area (Å²) in [4.78, 5) is 14.5. The topological polar surface area (TPSA) is 63.3 Å². The van der Waals surface area contributed by atoms with Crippen molar-refractivity contribution in [2.24, 2.45) is 0 Å². The number of carbonyl (C=O) groups excluding carboxylic acids is 1. The molecule has 2 aromatic heterocycles. The molecule has 1 N–H and O–H groups in total. The SMILES string of the molecule is Cc1cc(C)n(Cc2ccc(C(=O)NC[C@H](c3ccco3)N(C)C)cc2)n1. The Morgan fingerprint density at radius 2 is 1.96 bits per heavy atom. The maximum absolute atomic E-state index is 12.5. The van der Waals surface area contributed by atoms with Gasteiger partial charge in [0.25, 0.3) is 5.91 Å². The first-order chi connectivity index (χ1) is 12.9. The zero-order chi connectivity index (χ0) is 19.4. The lowest BCUT2D eigenvalue weighted by Gasteiger charge is -2.22. The molecule has 3 aromatic rings. The highest BCUT2D eigenvalue weighted by Gasteiger charge is 2.18.